The quantitative estimate of drug-likeness (QED) is 0.433. The Morgan fingerprint density at radius 1 is 0.938 bits per heavy atom. The number of carbonyl (C=O) groups is 2. The molecule has 0 aliphatic heterocycles. The van der Waals surface area contributed by atoms with E-state index < -0.39 is 0 Å². The van der Waals surface area contributed by atoms with Gasteiger partial charge in [-0.15, -0.1) is 17.9 Å². The van der Waals surface area contributed by atoms with Crippen molar-refractivity contribution in [2.24, 2.45) is 0 Å². The number of urea groups is 1. The molecule has 1 aromatic heterocycles. The fourth-order valence-corrected chi connectivity index (χ4v) is 4.18. The monoisotopic (exact) mass is 447 g/mol. The molecule has 2 aromatic carbocycles. The Morgan fingerprint density at radius 3 is 2.28 bits per heavy atom. The standard InChI is InChI=1S/C26H29N3O2S/c1-4-15-28(26(31)27-25-20(2)10-8-11-21(25)3)19-24(30)29(18-23-14-9-16-32-23)17-22-12-6-5-7-13-22/h4-14,16H,1,15,17-19H2,2-3H3,(H,27,31). The first-order chi connectivity index (χ1) is 15.5. The van der Waals surface area contributed by atoms with E-state index in [1.54, 1.807) is 22.3 Å². The van der Waals surface area contributed by atoms with E-state index in [9.17, 15) is 9.59 Å². The van der Waals surface area contributed by atoms with Crippen molar-refractivity contribution in [3.05, 3.63) is 100 Å². The number of benzene rings is 2. The minimum absolute atomic E-state index is 0.0268. The van der Waals surface area contributed by atoms with Crippen LogP contribution in [-0.2, 0) is 17.9 Å². The SMILES string of the molecule is C=CCN(CC(=O)N(Cc1ccccc1)Cc1cccs1)C(=O)Nc1c(C)cccc1C. The van der Waals surface area contributed by atoms with Gasteiger partial charge >= 0.3 is 6.03 Å². The summed E-state index contributed by atoms with van der Waals surface area (Å²) >= 11 is 1.62. The molecule has 166 valence electrons. The van der Waals surface area contributed by atoms with Gasteiger partial charge in [-0.3, -0.25) is 4.79 Å². The minimum atomic E-state index is -0.313. The van der Waals surface area contributed by atoms with Crippen LogP contribution < -0.4 is 5.32 Å². The lowest BCUT2D eigenvalue weighted by atomic mass is 10.1. The summed E-state index contributed by atoms with van der Waals surface area (Å²) in [6, 6.07) is 19.4. The largest absolute Gasteiger partial charge is 0.332 e. The molecule has 1 heterocycles. The minimum Gasteiger partial charge on any atom is -0.332 e. The summed E-state index contributed by atoms with van der Waals surface area (Å²) in [7, 11) is 0. The van der Waals surface area contributed by atoms with Crippen LogP contribution in [0.15, 0.2) is 78.7 Å². The summed E-state index contributed by atoms with van der Waals surface area (Å²) in [4.78, 5) is 30.8. The highest BCUT2D eigenvalue weighted by Gasteiger charge is 2.22. The third-order valence-corrected chi connectivity index (χ3v) is 6.03. The third-order valence-electron chi connectivity index (χ3n) is 5.17. The molecule has 0 saturated carbocycles. The molecule has 3 rings (SSSR count). The summed E-state index contributed by atoms with van der Waals surface area (Å²) < 4.78 is 0. The number of hydrogen-bond donors (Lipinski definition) is 1. The lowest BCUT2D eigenvalue weighted by molar-refractivity contribution is -0.132. The lowest BCUT2D eigenvalue weighted by Crippen LogP contribution is -2.44. The van der Waals surface area contributed by atoms with Gasteiger partial charge in [0.15, 0.2) is 0 Å². The van der Waals surface area contributed by atoms with Crippen LogP contribution in [0, 0.1) is 13.8 Å². The molecule has 6 heteroatoms. The second kappa shape index (κ2) is 11.3. The molecule has 0 aliphatic carbocycles. The Balaban J connectivity index is 1.76. The van der Waals surface area contributed by atoms with Gasteiger partial charge in [-0.05, 0) is 42.0 Å². The second-order valence-electron chi connectivity index (χ2n) is 7.68. The lowest BCUT2D eigenvalue weighted by Gasteiger charge is -2.27. The van der Waals surface area contributed by atoms with Crippen molar-refractivity contribution in [1.82, 2.24) is 9.80 Å². The Morgan fingerprint density at radius 2 is 1.66 bits per heavy atom. The molecule has 1 N–H and O–H groups in total. The zero-order valence-corrected chi connectivity index (χ0v) is 19.4. The van der Waals surface area contributed by atoms with E-state index in [2.05, 4.69) is 11.9 Å². The van der Waals surface area contributed by atoms with Crippen LogP contribution in [0.5, 0.6) is 0 Å². The maximum absolute atomic E-state index is 13.3. The molecule has 0 fully saturated rings. The van der Waals surface area contributed by atoms with E-state index in [4.69, 9.17) is 0 Å². The number of rotatable bonds is 9. The zero-order chi connectivity index (χ0) is 22.9. The summed E-state index contributed by atoms with van der Waals surface area (Å²) in [6.07, 6.45) is 1.64. The van der Waals surface area contributed by atoms with Gasteiger partial charge in [-0.25, -0.2) is 4.79 Å². The Bertz CT molecular complexity index is 1030. The third kappa shape index (κ3) is 6.31. The first kappa shape index (κ1) is 23.3. The van der Waals surface area contributed by atoms with Crippen LogP contribution in [0.4, 0.5) is 10.5 Å². The van der Waals surface area contributed by atoms with Gasteiger partial charge in [-0.2, -0.15) is 0 Å². The van der Waals surface area contributed by atoms with Crippen molar-refractivity contribution in [1.29, 1.82) is 0 Å². The van der Waals surface area contributed by atoms with Crippen molar-refractivity contribution >= 4 is 29.0 Å². The number of thiophene rings is 1. The van der Waals surface area contributed by atoms with E-state index in [1.807, 2.05) is 79.9 Å². The number of hydrogen-bond acceptors (Lipinski definition) is 3. The number of carbonyl (C=O) groups excluding carboxylic acids is 2. The zero-order valence-electron chi connectivity index (χ0n) is 18.6. The Hall–Kier alpha value is -3.38. The molecule has 0 unspecified atom stereocenters. The highest BCUT2D eigenvalue weighted by Crippen LogP contribution is 2.20. The van der Waals surface area contributed by atoms with Crippen LogP contribution >= 0.6 is 11.3 Å². The van der Waals surface area contributed by atoms with Crippen LogP contribution in [0.3, 0.4) is 0 Å². The van der Waals surface area contributed by atoms with E-state index in [0.717, 1.165) is 27.3 Å². The van der Waals surface area contributed by atoms with Crippen molar-refractivity contribution < 1.29 is 9.59 Å². The molecule has 0 saturated heterocycles. The van der Waals surface area contributed by atoms with Crippen LogP contribution in [0.2, 0.25) is 0 Å². The Labute approximate surface area is 194 Å². The van der Waals surface area contributed by atoms with E-state index >= 15 is 0 Å². The van der Waals surface area contributed by atoms with Gasteiger partial charge in [0.1, 0.15) is 6.54 Å². The second-order valence-corrected chi connectivity index (χ2v) is 8.71. The van der Waals surface area contributed by atoms with E-state index in [0.29, 0.717) is 13.1 Å². The predicted molar refractivity (Wildman–Crippen MR) is 132 cm³/mol. The fourth-order valence-electron chi connectivity index (χ4n) is 3.46. The van der Waals surface area contributed by atoms with Gasteiger partial charge in [0.25, 0.3) is 0 Å². The summed E-state index contributed by atoms with van der Waals surface area (Å²) in [5.41, 5.74) is 3.78. The number of aryl methyl sites for hydroxylation is 2. The molecule has 0 aliphatic rings. The van der Waals surface area contributed by atoms with Crippen molar-refractivity contribution in [3.63, 3.8) is 0 Å². The van der Waals surface area contributed by atoms with Crippen molar-refractivity contribution in [2.75, 3.05) is 18.4 Å². The first-order valence-corrected chi connectivity index (χ1v) is 11.4. The predicted octanol–water partition coefficient (Wildman–Crippen LogP) is 5.61. The number of nitrogens with zero attached hydrogens (tertiary/aromatic N) is 2. The van der Waals surface area contributed by atoms with Gasteiger partial charge in [0, 0.05) is 23.7 Å². The molecule has 0 atom stereocenters. The highest BCUT2D eigenvalue weighted by molar-refractivity contribution is 7.09. The fraction of sp³-hybridized carbons (Fsp3) is 0.231. The van der Waals surface area contributed by atoms with Gasteiger partial charge in [-0.1, -0.05) is 60.7 Å². The molecule has 32 heavy (non-hydrogen) atoms. The number of amides is 3. The average Bonchev–Trinajstić information content (AvgIpc) is 3.29. The average molecular weight is 448 g/mol. The van der Waals surface area contributed by atoms with Gasteiger partial charge in [0.2, 0.25) is 5.91 Å². The van der Waals surface area contributed by atoms with Crippen molar-refractivity contribution in [2.45, 2.75) is 26.9 Å². The number of nitrogens with one attached hydrogen (secondary N) is 1. The molecule has 3 aromatic rings. The molecule has 5 nitrogen and oxygen atoms in total. The normalized spacial score (nSPS) is 10.4. The van der Waals surface area contributed by atoms with E-state index in [-0.39, 0.29) is 25.0 Å². The number of anilines is 1. The molecule has 3 amide bonds. The molecule has 0 bridgehead atoms. The maximum Gasteiger partial charge on any atom is 0.322 e. The first-order valence-electron chi connectivity index (χ1n) is 10.5. The molecular weight excluding hydrogens is 418 g/mol. The van der Waals surface area contributed by atoms with Gasteiger partial charge < -0.3 is 15.1 Å². The smallest absolute Gasteiger partial charge is 0.322 e. The summed E-state index contributed by atoms with van der Waals surface area (Å²) in [6.45, 7) is 8.91. The highest BCUT2D eigenvalue weighted by atomic mass is 32.1. The molecule has 0 spiro atoms. The number of para-hydroxylation sites is 1. The summed E-state index contributed by atoms with van der Waals surface area (Å²) in [5.74, 6) is -0.110. The van der Waals surface area contributed by atoms with Crippen LogP contribution in [0.25, 0.3) is 0 Å². The maximum atomic E-state index is 13.3. The topological polar surface area (TPSA) is 52.7 Å². The van der Waals surface area contributed by atoms with Crippen molar-refractivity contribution in [3.8, 4) is 0 Å². The molecular formula is C26H29N3O2S. The van der Waals surface area contributed by atoms with Crippen LogP contribution in [-0.4, -0.2) is 34.8 Å². The Kier molecular flexibility index (Phi) is 8.22. The van der Waals surface area contributed by atoms with E-state index in [1.165, 1.54) is 4.90 Å². The summed E-state index contributed by atoms with van der Waals surface area (Å²) in [5, 5.41) is 4.98. The molecule has 0 radical (unpaired) electrons. The van der Waals surface area contributed by atoms with Crippen LogP contribution in [0.1, 0.15) is 21.6 Å². The van der Waals surface area contributed by atoms with Gasteiger partial charge in [0.05, 0.1) is 6.54 Å².